The normalized spacial score (nSPS) is 11.1. The summed E-state index contributed by atoms with van der Waals surface area (Å²) in [5.41, 5.74) is 0.149. The van der Waals surface area contributed by atoms with Gasteiger partial charge >= 0.3 is 12.3 Å². The van der Waals surface area contributed by atoms with Gasteiger partial charge < -0.3 is 4.74 Å². The van der Waals surface area contributed by atoms with Gasteiger partial charge in [-0.15, -0.1) is 11.6 Å². The van der Waals surface area contributed by atoms with Crippen LogP contribution in [0.5, 0.6) is 5.75 Å². The summed E-state index contributed by atoms with van der Waals surface area (Å²) in [5.74, 6) is -0.482. The molecule has 0 spiro atoms. The Labute approximate surface area is 111 Å². The average Bonchev–Trinajstić information content (AvgIpc) is 2.33. The standard InChI is InChI=1S/C12H8ClF5O/c13-3-1-2-8-4-9(14)6-10(5-8)19-7-12(17,18)11(15)16/h4-6,11H,3,7H2. The second kappa shape index (κ2) is 6.62. The van der Waals surface area contributed by atoms with Crippen LogP contribution in [-0.2, 0) is 0 Å². The molecule has 0 radical (unpaired) electrons. The van der Waals surface area contributed by atoms with E-state index in [9.17, 15) is 22.0 Å². The molecule has 0 fully saturated rings. The number of benzene rings is 1. The maximum Gasteiger partial charge on any atom is 0.340 e. The van der Waals surface area contributed by atoms with Crippen LogP contribution >= 0.6 is 11.6 Å². The maximum atomic E-state index is 13.1. The molecule has 19 heavy (non-hydrogen) atoms. The summed E-state index contributed by atoms with van der Waals surface area (Å²) in [6, 6.07) is 3.00. The summed E-state index contributed by atoms with van der Waals surface area (Å²) in [7, 11) is 0. The second-order valence-corrected chi connectivity index (χ2v) is 3.73. The number of ether oxygens (including phenoxy) is 1. The van der Waals surface area contributed by atoms with Crippen LogP contribution in [-0.4, -0.2) is 24.8 Å². The summed E-state index contributed by atoms with van der Waals surface area (Å²) in [6.45, 7) is -1.55. The van der Waals surface area contributed by atoms with E-state index in [1.807, 2.05) is 0 Å². The molecule has 0 aromatic heterocycles. The van der Waals surface area contributed by atoms with Crippen LogP contribution in [0.4, 0.5) is 22.0 Å². The fourth-order valence-corrected chi connectivity index (χ4v) is 1.16. The first-order valence-corrected chi connectivity index (χ1v) is 5.53. The van der Waals surface area contributed by atoms with Crippen molar-refractivity contribution in [1.29, 1.82) is 0 Å². The van der Waals surface area contributed by atoms with E-state index in [0.29, 0.717) is 0 Å². The molecule has 0 aliphatic carbocycles. The monoisotopic (exact) mass is 298 g/mol. The number of rotatable bonds is 4. The van der Waals surface area contributed by atoms with Crippen molar-refractivity contribution in [1.82, 2.24) is 0 Å². The Hall–Kier alpha value is -1.48. The Morgan fingerprint density at radius 2 is 1.95 bits per heavy atom. The van der Waals surface area contributed by atoms with E-state index in [1.165, 1.54) is 0 Å². The minimum absolute atomic E-state index is 0.0101. The van der Waals surface area contributed by atoms with Gasteiger partial charge in [0.25, 0.3) is 0 Å². The minimum Gasteiger partial charge on any atom is -0.487 e. The van der Waals surface area contributed by atoms with Crippen LogP contribution < -0.4 is 4.74 Å². The van der Waals surface area contributed by atoms with Crippen molar-refractivity contribution in [2.24, 2.45) is 0 Å². The summed E-state index contributed by atoms with van der Waals surface area (Å²) >= 11 is 5.31. The zero-order valence-electron chi connectivity index (χ0n) is 9.40. The first kappa shape index (κ1) is 15.6. The van der Waals surface area contributed by atoms with Gasteiger partial charge in [0.15, 0.2) is 6.61 Å². The fraction of sp³-hybridized carbons (Fsp3) is 0.333. The molecule has 104 valence electrons. The lowest BCUT2D eigenvalue weighted by molar-refractivity contribution is -0.148. The molecule has 0 N–H and O–H groups in total. The Bertz CT molecular complexity index is 493. The Kier molecular flexibility index (Phi) is 5.43. The highest BCUT2D eigenvalue weighted by molar-refractivity contribution is 6.19. The van der Waals surface area contributed by atoms with E-state index in [0.717, 1.165) is 18.2 Å². The molecule has 0 saturated heterocycles. The van der Waals surface area contributed by atoms with E-state index in [2.05, 4.69) is 16.6 Å². The Balaban J connectivity index is 2.82. The molecule has 1 rings (SSSR count). The van der Waals surface area contributed by atoms with E-state index in [-0.39, 0.29) is 17.2 Å². The van der Waals surface area contributed by atoms with Gasteiger partial charge in [0, 0.05) is 11.6 Å². The molecular formula is C12H8ClF5O. The maximum absolute atomic E-state index is 13.1. The number of hydrogen-bond donors (Lipinski definition) is 0. The first-order chi connectivity index (χ1) is 8.85. The Morgan fingerprint density at radius 1 is 1.26 bits per heavy atom. The molecule has 0 amide bonds. The van der Waals surface area contributed by atoms with Crippen molar-refractivity contribution in [3.63, 3.8) is 0 Å². The van der Waals surface area contributed by atoms with Gasteiger partial charge in [-0.2, -0.15) is 8.78 Å². The largest absolute Gasteiger partial charge is 0.487 e. The molecule has 1 aromatic carbocycles. The van der Waals surface area contributed by atoms with E-state index in [4.69, 9.17) is 11.6 Å². The second-order valence-electron chi connectivity index (χ2n) is 3.46. The van der Waals surface area contributed by atoms with Crippen LogP contribution in [0.25, 0.3) is 0 Å². The highest BCUT2D eigenvalue weighted by atomic mass is 35.5. The quantitative estimate of drug-likeness (QED) is 0.468. The summed E-state index contributed by atoms with van der Waals surface area (Å²) in [6.07, 6.45) is -3.85. The highest BCUT2D eigenvalue weighted by Crippen LogP contribution is 2.25. The van der Waals surface area contributed by atoms with Crippen LogP contribution in [0.15, 0.2) is 18.2 Å². The molecule has 0 bridgehead atoms. The van der Waals surface area contributed by atoms with Gasteiger partial charge in [-0.1, -0.05) is 11.8 Å². The summed E-state index contributed by atoms with van der Waals surface area (Å²) in [4.78, 5) is 0. The zero-order chi connectivity index (χ0) is 14.5. The molecule has 0 atom stereocenters. The third-order valence-corrected chi connectivity index (χ3v) is 2.06. The zero-order valence-corrected chi connectivity index (χ0v) is 10.2. The van der Waals surface area contributed by atoms with Crippen molar-refractivity contribution in [2.45, 2.75) is 12.3 Å². The van der Waals surface area contributed by atoms with Crippen molar-refractivity contribution < 1.29 is 26.7 Å². The third kappa shape index (κ3) is 4.95. The van der Waals surface area contributed by atoms with E-state index >= 15 is 0 Å². The van der Waals surface area contributed by atoms with Gasteiger partial charge in [0.05, 0.1) is 5.88 Å². The number of alkyl halides is 5. The molecule has 0 aliphatic heterocycles. The van der Waals surface area contributed by atoms with Crippen LogP contribution in [0.1, 0.15) is 5.56 Å². The van der Waals surface area contributed by atoms with Crippen LogP contribution in [0.2, 0.25) is 0 Å². The molecule has 0 aliphatic rings. The average molecular weight is 299 g/mol. The van der Waals surface area contributed by atoms with Crippen molar-refractivity contribution in [2.75, 3.05) is 12.5 Å². The van der Waals surface area contributed by atoms with Crippen molar-refractivity contribution in [3.05, 3.63) is 29.6 Å². The topological polar surface area (TPSA) is 9.23 Å². The molecule has 1 aromatic rings. The molecule has 7 heteroatoms. The predicted octanol–water partition coefficient (Wildman–Crippen LogP) is 3.70. The third-order valence-electron chi connectivity index (χ3n) is 1.92. The molecule has 1 nitrogen and oxygen atoms in total. The van der Waals surface area contributed by atoms with Gasteiger partial charge in [0.1, 0.15) is 11.6 Å². The van der Waals surface area contributed by atoms with Gasteiger partial charge in [0.2, 0.25) is 0 Å². The van der Waals surface area contributed by atoms with Crippen LogP contribution in [0.3, 0.4) is 0 Å². The molecular weight excluding hydrogens is 291 g/mol. The minimum atomic E-state index is -4.30. The Morgan fingerprint density at radius 3 is 2.53 bits per heavy atom. The molecule has 0 heterocycles. The lowest BCUT2D eigenvalue weighted by Crippen LogP contribution is -2.33. The summed E-state index contributed by atoms with van der Waals surface area (Å²) in [5, 5.41) is 0. The van der Waals surface area contributed by atoms with E-state index in [1.54, 1.807) is 0 Å². The van der Waals surface area contributed by atoms with Crippen molar-refractivity contribution in [3.8, 4) is 17.6 Å². The predicted molar refractivity (Wildman–Crippen MR) is 60.4 cm³/mol. The SMILES string of the molecule is Fc1cc(C#CCCl)cc(OCC(F)(F)C(F)F)c1. The van der Waals surface area contributed by atoms with Gasteiger partial charge in [-0.3, -0.25) is 0 Å². The highest BCUT2D eigenvalue weighted by Gasteiger charge is 2.41. The van der Waals surface area contributed by atoms with Gasteiger partial charge in [-0.05, 0) is 12.1 Å². The van der Waals surface area contributed by atoms with E-state index < -0.39 is 24.8 Å². The lowest BCUT2D eigenvalue weighted by Gasteiger charge is -2.16. The number of halogens is 6. The number of hydrogen-bond acceptors (Lipinski definition) is 1. The molecule has 0 unspecified atom stereocenters. The first-order valence-electron chi connectivity index (χ1n) is 4.99. The molecule has 0 saturated carbocycles. The van der Waals surface area contributed by atoms with Crippen LogP contribution in [0, 0.1) is 17.7 Å². The van der Waals surface area contributed by atoms with Crippen molar-refractivity contribution >= 4 is 11.6 Å². The smallest absolute Gasteiger partial charge is 0.340 e. The van der Waals surface area contributed by atoms with Gasteiger partial charge in [-0.25, -0.2) is 13.2 Å². The fourth-order valence-electron chi connectivity index (χ4n) is 1.10. The summed E-state index contributed by atoms with van der Waals surface area (Å²) < 4.78 is 66.6. The lowest BCUT2D eigenvalue weighted by atomic mass is 10.2.